The van der Waals surface area contributed by atoms with Crippen LogP contribution in [0, 0.1) is 13.8 Å². The third kappa shape index (κ3) is 5.78. The summed E-state index contributed by atoms with van der Waals surface area (Å²) in [5.41, 5.74) is 3.11. The summed E-state index contributed by atoms with van der Waals surface area (Å²) < 4.78 is 10.8. The topological polar surface area (TPSA) is 76.7 Å². The van der Waals surface area contributed by atoms with Crippen LogP contribution in [0.4, 0.5) is 5.69 Å². The monoisotopic (exact) mass is 436 g/mol. The molecule has 2 aromatic carbocycles. The minimum absolute atomic E-state index is 0.222. The van der Waals surface area contributed by atoms with Gasteiger partial charge in [0.25, 0.3) is 0 Å². The summed E-state index contributed by atoms with van der Waals surface area (Å²) >= 11 is 0. The first-order valence-electron chi connectivity index (χ1n) is 10.4. The minimum atomic E-state index is -0.716. The standard InChI is InChI=1S/C26H32N2O4/c1-7-13-26(14-8-2,20-10-12-22(31-5)23(16-20)32-6)17-27-24(29)25(30)28-21-11-9-18(3)19(4)15-21/h7-12,15-16H,1-2,13-14,17H2,3-6H3,(H,27,29)(H,28,30). The van der Waals surface area contributed by atoms with Crippen LogP contribution in [0.3, 0.4) is 0 Å². The zero-order chi connectivity index (χ0) is 23.7. The smallest absolute Gasteiger partial charge is 0.313 e. The summed E-state index contributed by atoms with van der Waals surface area (Å²) in [7, 11) is 3.15. The Bertz CT molecular complexity index is 987. The highest BCUT2D eigenvalue weighted by molar-refractivity contribution is 6.39. The number of hydrogen-bond donors (Lipinski definition) is 2. The molecular formula is C26H32N2O4. The maximum atomic E-state index is 12.6. The Kier molecular flexibility index (Phi) is 8.64. The predicted octanol–water partition coefficient (Wildman–Crippen LogP) is 4.47. The summed E-state index contributed by atoms with van der Waals surface area (Å²) in [6.45, 7) is 11.9. The van der Waals surface area contributed by atoms with Crippen LogP contribution in [-0.4, -0.2) is 32.6 Å². The second kappa shape index (κ2) is 11.2. The van der Waals surface area contributed by atoms with Crippen molar-refractivity contribution < 1.29 is 19.1 Å². The third-order valence-electron chi connectivity index (χ3n) is 5.62. The van der Waals surface area contributed by atoms with Crippen LogP contribution < -0.4 is 20.1 Å². The zero-order valence-electron chi connectivity index (χ0n) is 19.3. The van der Waals surface area contributed by atoms with E-state index >= 15 is 0 Å². The third-order valence-corrected chi connectivity index (χ3v) is 5.62. The number of carbonyl (C=O) groups excluding carboxylic acids is 2. The highest BCUT2D eigenvalue weighted by Gasteiger charge is 2.32. The molecule has 0 saturated heterocycles. The fourth-order valence-electron chi connectivity index (χ4n) is 3.62. The van der Waals surface area contributed by atoms with Crippen LogP contribution in [0.2, 0.25) is 0 Å². The van der Waals surface area contributed by atoms with E-state index in [1.54, 1.807) is 32.4 Å². The molecule has 0 aliphatic heterocycles. The lowest BCUT2D eigenvalue weighted by molar-refractivity contribution is -0.136. The van der Waals surface area contributed by atoms with Gasteiger partial charge in [-0.1, -0.05) is 24.3 Å². The van der Waals surface area contributed by atoms with E-state index in [9.17, 15) is 9.59 Å². The van der Waals surface area contributed by atoms with Crippen LogP contribution in [0.15, 0.2) is 61.7 Å². The highest BCUT2D eigenvalue weighted by Crippen LogP contribution is 2.37. The molecular weight excluding hydrogens is 404 g/mol. The van der Waals surface area contributed by atoms with Crippen LogP contribution in [-0.2, 0) is 15.0 Å². The van der Waals surface area contributed by atoms with E-state index in [1.807, 2.05) is 44.2 Å². The van der Waals surface area contributed by atoms with Gasteiger partial charge in [0, 0.05) is 17.6 Å². The van der Waals surface area contributed by atoms with Gasteiger partial charge in [-0.15, -0.1) is 13.2 Å². The average molecular weight is 437 g/mol. The van der Waals surface area contributed by atoms with Gasteiger partial charge < -0.3 is 20.1 Å². The van der Waals surface area contributed by atoms with Gasteiger partial charge in [0.05, 0.1) is 14.2 Å². The van der Waals surface area contributed by atoms with Crippen molar-refractivity contribution in [3.05, 3.63) is 78.4 Å². The van der Waals surface area contributed by atoms with E-state index in [0.29, 0.717) is 30.0 Å². The molecule has 0 aliphatic carbocycles. The molecule has 170 valence electrons. The first-order chi connectivity index (χ1) is 15.3. The Morgan fingerprint density at radius 1 is 0.906 bits per heavy atom. The molecule has 0 bridgehead atoms. The van der Waals surface area contributed by atoms with E-state index in [0.717, 1.165) is 16.7 Å². The minimum Gasteiger partial charge on any atom is -0.493 e. The normalized spacial score (nSPS) is 10.8. The Morgan fingerprint density at radius 3 is 2.12 bits per heavy atom. The van der Waals surface area contributed by atoms with Crippen molar-refractivity contribution in [3.8, 4) is 11.5 Å². The number of allylic oxidation sites excluding steroid dienone is 2. The van der Waals surface area contributed by atoms with Gasteiger partial charge in [-0.25, -0.2) is 0 Å². The molecule has 2 aromatic rings. The largest absolute Gasteiger partial charge is 0.493 e. The van der Waals surface area contributed by atoms with Crippen LogP contribution in [0.25, 0.3) is 0 Å². The number of anilines is 1. The van der Waals surface area contributed by atoms with Crippen LogP contribution >= 0.6 is 0 Å². The molecule has 0 aromatic heterocycles. The Hall–Kier alpha value is -3.54. The van der Waals surface area contributed by atoms with Gasteiger partial charge >= 0.3 is 11.8 Å². The summed E-state index contributed by atoms with van der Waals surface area (Å²) in [6, 6.07) is 11.1. The number of hydrogen-bond acceptors (Lipinski definition) is 4. The molecule has 0 atom stereocenters. The van der Waals surface area contributed by atoms with Gasteiger partial charge in [-0.3, -0.25) is 9.59 Å². The number of aryl methyl sites for hydroxylation is 2. The molecule has 6 heteroatoms. The van der Waals surface area contributed by atoms with Crippen molar-refractivity contribution in [1.82, 2.24) is 5.32 Å². The van der Waals surface area contributed by atoms with Gasteiger partial charge in [-0.2, -0.15) is 0 Å². The molecule has 2 N–H and O–H groups in total. The predicted molar refractivity (Wildman–Crippen MR) is 128 cm³/mol. The lowest BCUT2D eigenvalue weighted by Gasteiger charge is -2.33. The van der Waals surface area contributed by atoms with E-state index in [-0.39, 0.29) is 6.54 Å². The maximum Gasteiger partial charge on any atom is 0.313 e. The summed E-state index contributed by atoms with van der Waals surface area (Å²) in [5.74, 6) is -0.228. The number of benzene rings is 2. The molecule has 0 fully saturated rings. The van der Waals surface area contributed by atoms with Crippen molar-refractivity contribution in [2.45, 2.75) is 32.1 Å². The van der Waals surface area contributed by atoms with Gasteiger partial charge in [0.2, 0.25) is 0 Å². The quantitative estimate of drug-likeness (QED) is 0.426. The van der Waals surface area contributed by atoms with Gasteiger partial charge in [0.1, 0.15) is 0 Å². The van der Waals surface area contributed by atoms with Crippen molar-refractivity contribution in [3.63, 3.8) is 0 Å². The lowest BCUT2D eigenvalue weighted by atomic mass is 9.74. The van der Waals surface area contributed by atoms with E-state index in [1.165, 1.54) is 0 Å². The zero-order valence-corrected chi connectivity index (χ0v) is 19.3. The lowest BCUT2D eigenvalue weighted by Crippen LogP contribution is -2.44. The Labute approximate surface area is 190 Å². The summed E-state index contributed by atoms with van der Waals surface area (Å²) in [5, 5.41) is 5.44. The van der Waals surface area contributed by atoms with Crippen molar-refractivity contribution in [2.24, 2.45) is 0 Å². The number of nitrogens with one attached hydrogen (secondary N) is 2. The first-order valence-corrected chi connectivity index (χ1v) is 10.4. The molecule has 2 amide bonds. The summed E-state index contributed by atoms with van der Waals surface area (Å²) in [4.78, 5) is 25.1. The van der Waals surface area contributed by atoms with Crippen LogP contribution in [0.1, 0.15) is 29.5 Å². The second-order valence-corrected chi connectivity index (χ2v) is 7.77. The van der Waals surface area contributed by atoms with E-state index < -0.39 is 17.2 Å². The van der Waals surface area contributed by atoms with E-state index in [4.69, 9.17) is 9.47 Å². The van der Waals surface area contributed by atoms with E-state index in [2.05, 4.69) is 23.8 Å². The molecule has 32 heavy (non-hydrogen) atoms. The molecule has 0 radical (unpaired) electrons. The maximum absolute atomic E-state index is 12.6. The molecule has 0 aliphatic rings. The summed E-state index contributed by atoms with van der Waals surface area (Å²) in [6.07, 6.45) is 4.71. The average Bonchev–Trinajstić information content (AvgIpc) is 2.79. The van der Waals surface area contributed by atoms with Gasteiger partial charge in [0.15, 0.2) is 11.5 Å². The van der Waals surface area contributed by atoms with Crippen molar-refractivity contribution in [2.75, 3.05) is 26.1 Å². The van der Waals surface area contributed by atoms with Crippen molar-refractivity contribution >= 4 is 17.5 Å². The fourth-order valence-corrected chi connectivity index (χ4v) is 3.62. The first kappa shape index (κ1) is 24.7. The SMILES string of the molecule is C=CCC(CC=C)(CNC(=O)C(=O)Nc1ccc(C)c(C)c1)c1ccc(OC)c(OC)c1. The molecule has 0 saturated carbocycles. The Balaban J connectivity index is 2.23. The highest BCUT2D eigenvalue weighted by atomic mass is 16.5. The number of carbonyl (C=O) groups is 2. The number of methoxy groups -OCH3 is 2. The second-order valence-electron chi connectivity index (χ2n) is 7.77. The molecule has 0 heterocycles. The van der Waals surface area contributed by atoms with Crippen molar-refractivity contribution in [1.29, 1.82) is 0 Å². The molecule has 0 unspecified atom stereocenters. The molecule has 0 spiro atoms. The number of ether oxygens (including phenoxy) is 2. The Morgan fingerprint density at radius 2 is 1.56 bits per heavy atom. The number of rotatable bonds is 10. The molecule has 6 nitrogen and oxygen atoms in total. The number of amides is 2. The van der Waals surface area contributed by atoms with Gasteiger partial charge in [-0.05, 0) is 67.6 Å². The fraction of sp³-hybridized carbons (Fsp3) is 0.308. The molecule has 2 rings (SSSR count). The van der Waals surface area contributed by atoms with Crippen LogP contribution in [0.5, 0.6) is 11.5 Å².